The third-order valence-corrected chi connectivity index (χ3v) is 26.6. The monoisotopic (exact) mass is 2080 g/mol. The van der Waals surface area contributed by atoms with E-state index in [1.54, 1.807) is 0 Å². The summed E-state index contributed by atoms with van der Waals surface area (Å²) in [6.07, 6.45) is -119. The molecule has 12 rings (SSSR count). The zero-order valence-electron chi connectivity index (χ0n) is 76.9. The lowest BCUT2D eigenvalue weighted by Gasteiger charge is -2.52. The molecule has 0 radical (unpaired) electrons. The van der Waals surface area contributed by atoms with Gasteiger partial charge in [0.15, 0.2) is 75.5 Å². The van der Waals surface area contributed by atoms with Crippen LogP contribution in [0.25, 0.3) is 0 Å². The Hall–Kier alpha value is -4.28. The molecule has 0 unspecified atom stereocenters. The zero-order chi connectivity index (χ0) is 104. The molecule has 0 aromatic rings. The van der Waals surface area contributed by atoms with Crippen molar-refractivity contribution in [2.45, 2.75) is 417 Å². The lowest BCUT2D eigenvalue weighted by molar-refractivity contribution is -0.404. The van der Waals surface area contributed by atoms with E-state index in [9.17, 15) is 177 Å². The summed E-state index contributed by atoms with van der Waals surface area (Å²) in [5.74, 6) is -4.02. The van der Waals surface area contributed by atoms with Crippen LogP contribution >= 0.6 is 0 Å². The first-order valence-corrected chi connectivity index (χ1v) is 45.7. The van der Waals surface area contributed by atoms with E-state index in [2.05, 4.69) is 21.3 Å². The Morgan fingerprint density at radius 3 is 0.859 bits per heavy atom. The van der Waals surface area contributed by atoms with E-state index < -0.39 is 451 Å². The quantitative estimate of drug-likeness (QED) is 0.0280. The smallest absolute Gasteiger partial charge is 0.217 e. The molecular weight excluding hydrogens is 1940 g/mol. The van der Waals surface area contributed by atoms with Gasteiger partial charge in [-0.1, -0.05) is 0 Å². The molecule has 12 fully saturated rings. The summed E-state index contributed by atoms with van der Waals surface area (Å²) in [4.78, 5) is 53.3. The second-order valence-electron chi connectivity index (χ2n) is 36.6. The van der Waals surface area contributed by atoms with Crippen LogP contribution in [0.3, 0.4) is 0 Å². The molecule has 62 nitrogen and oxygen atoms in total. The predicted octanol–water partition coefficient (Wildman–Crippen LogP) is -23.5. The van der Waals surface area contributed by atoms with Crippen LogP contribution in [-0.4, -0.2) is 610 Å². The molecule has 62 heteroatoms. The fraction of sp³-hybridized carbons (Fsp3) is 0.950. The third-order valence-electron chi connectivity index (χ3n) is 26.6. The van der Waals surface area contributed by atoms with E-state index in [0.29, 0.717) is 0 Å². The molecule has 12 saturated heterocycles. The van der Waals surface area contributed by atoms with Crippen molar-refractivity contribution >= 4 is 23.6 Å². The van der Waals surface area contributed by atoms with Crippen molar-refractivity contribution in [2.75, 3.05) is 59.5 Å². The van der Waals surface area contributed by atoms with Crippen LogP contribution < -0.4 is 21.3 Å². The summed E-state index contributed by atoms with van der Waals surface area (Å²) < 4.78 is 140. The minimum Gasteiger partial charge on any atom is -0.394 e. The van der Waals surface area contributed by atoms with Gasteiger partial charge in [-0.25, -0.2) is 0 Å². The lowest BCUT2D eigenvalue weighted by Crippen LogP contribution is -2.71. The van der Waals surface area contributed by atoms with E-state index >= 15 is 0 Å². The maximum absolute atomic E-state index is 13.7. The van der Waals surface area contributed by atoms with Gasteiger partial charge in [0, 0.05) is 27.7 Å². The van der Waals surface area contributed by atoms with Gasteiger partial charge in [-0.05, 0) is 20.8 Å². The molecule has 822 valence electrons. The van der Waals surface area contributed by atoms with Gasteiger partial charge in [0.2, 0.25) is 23.6 Å². The minimum atomic E-state index is -2.74. The van der Waals surface area contributed by atoms with Crippen LogP contribution in [0.4, 0.5) is 0 Å². The van der Waals surface area contributed by atoms with Crippen LogP contribution in [0, 0.1) is 0 Å². The SMILES string of the molecule is CC(=O)N[C@@H]1[C@@H](O)[C@H](O[C@@H]2O[C@H](CO)[C@@H](O[C@@H]3O[C@H](CO[C@H]4O[C@H](CO)[C@@H](O)[C@H](O)[C@@H]4O[C@@H]4O[C@H](CO)[C@@H](O[C@@H]5O[C@H](CO)[C@H](O)[C@H](O)[C@H]5O)[C@H](O[C@H]5O[C@H](C)[C@H](O)[C@H](O)[C@H]5O)[C@H]4NC(C)=O)[C@@H](O)[C@H](O[C@H]4O[C@H](CO)[C@@H](O)[C@H](O)[C@@H]4O[C@@H]4O[C@H](CO)[C@@H](O[C@@H]5O[C@H](CO)[C@H](O)[C@H](O)[C@H]5O)[C@H](O[C@H]5O[C@H](C)[C@H](O)[C@H](O)[C@H]5O)[C@H]4NC(C)=O)[C@@H]3O)[C@H](O)[C@H]2NC(C)=O)[C@@H](CO[C@H]2O[C@H](C)[C@H](O)[C@H](O)[C@H]2O)O[C@@H]1O. The third kappa shape index (κ3) is 25.4. The van der Waals surface area contributed by atoms with Gasteiger partial charge in [-0.3, -0.25) is 19.2 Å². The maximum atomic E-state index is 13.7. The first-order valence-electron chi connectivity index (χ1n) is 45.7. The Kier molecular flexibility index (Phi) is 41.2. The van der Waals surface area contributed by atoms with Crippen molar-refractivity contribution in [3.63, 3.8) is 0 Å². The molecule has 0 aliphatic carbocycles. The average Bonchev–Trinajstić information content (AvgIpc) is 0.759. The van der Waals surface area contributed by atoms with Crippen molar-refractivity contribution in [1.29, 1.82) is 0 Å². The number of hydrogen-bond acceptors (Lipinski definition) is 58. The number of carbonyl (C=O) groups excluding carboxylic acids is 4. The van der Waals surface area contributed by atoms with Crippen LogP contribution in [0.5, 0.6) is 0 Å². The lowest BCUT2D eigenvalue weighted by atomic mass is 9.93. The van der Waals surface area contributed by atoms with Crippen molar-refractivity contribution in [3.8, 4) is 0 Å². The molecule has 0 aromatic carbocycles. The molecule has 12 aliphatic heterocycles. The Morgan fingerprint density at radius 2 is 0.451 bits per heavy atom. The number of rotatable bonds is 35. The summed E-state index contributed by atoms with van der Waals surface area (Å²) in [5.41, 5.74) is 0. The number of hydrogen-bond donors (Lipinski definition) is 35. The Labute approximate surface area is 805 Å². The number of aliphatic hydroxyl groups excluding tert-OH is 31. The highest BCUT2D eigenvalue weighted by atomic mass is 16.8. The second kappa shape index (κ2) is 50.3. The van der Waals surface area contributed by atoms with Gasteiger partial charge in [-0.15, -0.1) is 0 Å². The molecule has 60 atom stereocenters. The van der Waals surface area contributed by atoms with Gasteiger partial charge < -0.3 is 289 Å². The van der Waals surface area contributed by atoms with Crippen molar-refractivity contribution in [2.24, 2.45) is 0 Å². The Bertz CT molecular complexity index is 3940. The van der Waals surface area contributed by atoms with E-state index in [1.165, 1.54) is 20.8 Å². The highest BCUT2D eigenvalue weighted by Crippen LogP contribution is 2.43. The normalized spacial score (nSPS) is 50.9. The van der Waals surface area contributed by atoms with E-state index in [1.807, 2.05) is 0 Å². The van der Waals surface area contributed by atoms with Gasteiger partial charge in [0.25, 0.3) is 0 Å². The Morgan fingerprint density at radius 1 is 0.197 bits per heavy atom. The van der Waals surface area contributed by atoms with Gasteiger partial charge >= 0.3 is 0 Å². The molecule has 0 bridgehead atoms. The number of aliphatic hydroxyl groups is 31. The van der Waals surface area contributed by atoms with Crippen LogP contribution in [0.2, 0.25) is 0 Å². The topological polar surface area (TPSA) is 956 Å². The molecule has 12 aliphatic rings. The second-order valence-corrected chi connectivity index (χ2v) is 36.6. The van der Waals surface area contributed by atoms with Gasteiger partial charge in [0.1, 0.15) is 274 Å². The average molecular weight is 2080 g/mol. The van der Waals surface area contributed by atoms with E-state index in [-0.39, 0.29) is 0 Å². The largest absolute Gasteiger partial charge is 0.394 e. The first kappa shape index (κ1) is 116. The molecule has 4 amide bonds. The minimum absolute atomic E-state index is 0.875. The first-order chi connectivity index (χ1) is 67.1. The molecule has 35 N–H and O–H groups in total. The molecule has 0 aromatic heterocycles. The fourth-order valence-electron chi connectivity index (χ4n) is 18.6. The van der Waals surface area contributed by atoms with Crippen LogP contribution in [0.15, 0.2) is 0 Å². The number of carbonyl (C=O) groups is 4. The standard InChI is InChI=1S/C80H134N4O58/c1-17-37(96)47(106)54(113)73(122-17)120-16-32-61(45(104)33(69(119)125-32)81-20(4)92)134-70-34(82-21(5)93)46(105)60(28(12-89)130-70)135-78-59(118)66(140-80-68(53(112)43(102)27(11-88)129-80)142-72-36(84-23(7)95)65(139-75-56(115)49(108)39(98)19(3)124-75)63(30(14-91)132-72)137-77-58(117)51(110)41(100)25(9-86)127-77)44(103)31(133-78)15-121-79-67(52(111)42(101)26(10-87)128-79)141-71-35(83-22(6)94)64(138-74-55(114)48(107)38(97)18(2)123-74)62(29(13-90)131-71)136-76-57(116)50(109)40(99)24(8-85)126-76/h17-19,24-80,85-91,96-119H,8-16H2,1-7H3,(H,81,92)(H,82,93)(H,83,94)(H,84,95)/t17-,18-,19-,24-,25-,26-,27-,28-,29-,30-,31-,32-,33-,34-,35-,36-,37+,38+,39+,40+,41+,42-,43-,44-,45-,46-,47+,48+,49+,50+,51+,52+,53+,54-,55-,56-,57-,58-,59+,60-,61-,62-,63-,64-,65-,66+,67+,68+,69+,70+,71+,72+,73+,74-,75-,76+,77+,78+,79+,80-/m1/s1. The van der Waals surface area contributed by atoms with Crippen LogP contribution in [-0.2, 0) is 128 Å². The highest BCUT2D eigenvalue weighted by molar-refractivity contribution is 5.74. The van der Waals surface area contributed by atoms with Crippen molar-refractivity contribution in [3.05, 3.63) is 0 Å². The zero-order valence-corrected chi connectivity index (χ0v) is 76.9. The molecule has 142 heavy (non-hydrogen) atoms. The molecule has 12 heterocycles. The summed E-state index contributed by atoms with van der Waals surface area (Å²) in [6, 6.07) is -8.10. The highest BCUT2D eigenvalue weighted by Gasteiger charge is 2.64. The molecule has 0 saturated carbocycles. The summed E-state index contributed by atoms with van der Waals surface area (Å²) in [7, 11) is 0. The van der Waals surface area contributed by atoms with E-state index in [0.717, 1.165) is 27.7 Å². The fourth-order valence-corrected chi connectivity index (χ4v) is 18.6. The van der Waals surface area contributed by atoms with Gasteiger partial charge in [0.05, 0.1) is 77.8 Å². The number of ether oxygens (including phenoxy) is 23. The van der Waals surface area contributed by atoms with Crippen molar-refractivity contribution in [1.82, 2.24) is 21.3 Å². The van der Waals surface area contributed by atoms with Gasteiger partial charge in [-0.2, -0.15) is 0 Å². The molecular formula is C80H134N4O58. The summed E-state index contributed by atoms with van der Waals surface area (Å²) in [6.45, 7) is -3.33. The van der Waals surface area contributed by atoms with Crippen molar-refractivity contribution < 1.29 is 286 Å². The number of nitrogens with one attached hydrogen (secondary N) is 4. The maximum Gasteiger partial charge on any atom is 0.217 e. The number of amides is 4. The van der Waals surface area contributed by atoms with Crippen LogP contribution in [0.1, 0.15) is 48.5 Å². The summed E-state index contributed by atoms with van der Waals surface area (Å²) >= 11 is 0. The molecule has 0 spiro atoms. The Balaban J connectivity index is 0.917. The van der Waals surface area contributed by atoms with E-state index in [4.69, 9.17) is 109 Å². The summed E-state index contributed by atoms with van der Waals surface area (Å²) in [5, 5.41) is 360. The predicted molar refractivity (Wildman–Crippen MR) is 437 cm³/mol.